The molecular weight excluding hydrogens is 341 g/mol. The van der Waals surface area contributed by atoms with Crippen LogP contribution in [0, 0.1) is 5.82 Å². The van der Waals surface area contributed by atoms with Crippen molar-refractivity contribution in [3.05, 3.63) is 59.4 Å². The normalized spacial score (nSPS) is 17.9. The minimum absolute atomic E-state index is 0.0955. The van der Waals surface area contributed by atoms with Crippen molar-refractivity contribution < 1.29 is 9.18 Å². The predicted octanol–water partition coefficient (Wildman–Crippen LogP) is 3.05. The molecule has 5 heteroatoms. The van der Waals surface area contributed by atoms with Crippen molar-refractivity contribution in [1.29, 1.82) is 0 Å². The van der Waals surface area contributed by atoms with E-state index < -0.39 is 0 Å². The van der Waals surface area contributed by atoms with Crippen LogP contribution in [0.25, 0.3) is 11.1 Å². The van der Waals surface area contributed by atoms with Gasteiger partial charge >= 0.3 is 0 Å². The molecule has 1 N–H and O–H groups in total. The molecule has 2 aliphatic heterocycles. The van der Waals surface area contributed by atoms with Crippen molar-refractivity contribution in [3.8, 4) is 11.1 Å². The first-order chi connectivity index (χ1) is 13.1. The first kappa shape index (κ1) is 17.9. The number of carbonyl (C=O) groups is 1. The van der Waals surface area contributed by atoms with Crippen LogP contribution in [0.3, 0.4) is 0 Å². The average Bonchev–Trinajstić information content (AvgIpc) is 2.69. The number of aliphatic imine (C=N–C) groups is 1. The summed E-state index contributed by atoms with van der Waals surface area (Å²) in [6, 6.07) is 12.7. The molecule has 2 aromatic rings. The van der Waals surface area contributed by atoms with Gasteiger partial charge in [0.25, 0.3) is 5.91 Å². The van der Waals surface area contributed by atoms with Crippen molar-refractivity contribution in [2.45, 2.75) is 25.3 Å². The van der Waals surface area contributed by atoms with E-state index in [1.54, 1.807) is 6.07 Å². The molecular formula is C22H24FN3O. The number of amides is 1. The molecule has 4 rings (SSSR count). The summed E-state index contributed by atoms with van der Waals surface area (Å²) >= 11 is 0. The Kier molecular flexibility index (Phi) is 5.03. The topological polar surface area (TPSA) is 44.7 Å². The van der Waals surface area contributed by atoms with E-state index in [-0.39, 0.29) is 17.8 Å². The summed E-state index contributed by atoms with van der Waals surface area (Å²) in [6.07, 6.45) is 2.75. The van der Waals surface area contributed by atoms with E-state index in [0.717, 1.165) is 54.6 Å². The fourth-order valence-electron chi connectivity index (χ4n) is 3.84. The molecule has 0 spiro atoms. The van der Waals surface area contributed by atoms with Gasteiger partial charge in [0.2, 0.25) is 0 Å². The monoisotopic (exact) mass is 365 g/mol. The third-order valence-electron chi connectivity index (χ3n) is 5.44. The first-order valence-electron chi connectivity index (χ1n) is 9.53. The van der Waals surface area contributed by atoms with Crippen molar-refractivity contribution in [3.63, 3.8) is 0 Å². The van der Waals surface area contributed by atoms with Crippen LogP contribution in [0.5, 0.6) is 0 Å². The number of rotatable bonds is 3. The zero-order chi connectivity index (χ0) is 18.8. The quantitative estimate of drug-likeness (QED) is 0.909. The lowest BCUT2D eigenvalue weighted by Gasteiger charge is -2.30. The lowest BCUT2D eigenvalue weighted by molar-refractivity contribution is -0.115. The Labute approximate surface area is 159 Å². The predicted molar refractivity (Wildman–Crippen MR) is 106 cm³/mol. The fourth-order valence-corrected chi connectivity index (χ4v) is 3.84. The number of fused-ring (bicyclic) bond motifs is 1. The van der Waals surface area contributed by atoms with Gasteiger partial charge in [0.15, 0.2) is 0 Å². The zero-order valence-corrected chi connectivity index (χ0v) is 15.5. The molecule has 0 unspecified atom stereocenters. The van der Waals surface area contributed by atoms with Crippen LogP contribution in [-0.4, -0.2) is 49.2 Å². The molecule has 0 aliphatic carbocycles. The second kappa shape index (κ2) is 7.61. The van der Waals surface area contributed by atoms with E-state index in [1.165, 1.54) is 12.1 Å². The van der Waals surface area contributed by atoms with Gasteiger partial charge in [-0.25, -0.2) is 4.39 Å². The Morgan fingerprint density at radius 2 is 1.93 bits per heavy atom. The molecule has 0 radical (unpaired) electrons. The smallest absolute Gasteiger partial charge is 0.270 e. The minimum Gasteiger partial charge on any atom is -0.348 e. The molecule has 27 heavy (non-hydrogen) atoms. The van der Waals surface area contributed by atoms with Crippen LogP contribution >= 0.6 is 0 Å². The number of likely N-dealkylation sites (tertiary alicyclic amines) is 1. The lowest BCUT2D eigenvalue weighted by Crippen LogP contribution is -2.46. The van der Waals surface area contributed by atoms with Crippen molar-refractivity contribution in [1.82, 2.24) is 10.2 Å². The summed E-state index contributed by atoms with van der Waals surface area (Å²) in [5, 5.41) is 3.16. The summed E-state index contributed by atoms with van der Waals surface area (Å²) in [5.74, 6) is -0.360. The molecule has 2 aliphatic rings. The maximum Gasteiger partial charge on any atom is 0.270 e. The van der Waals surface area contributed by atoms with E-state index in [2.05, 4.69) is 22.3 Å². The highest BCUT2D eigenvalue weighted by Gasteiger charge is 2.25. The lowest BCUT2D eigenvalue weighted by atomic mass is 9.92. The Bertz CT molecular complexity index is 885. The van der Waals surface area contributed by atoms with E-state index in [0.29, 0.717) is 12.3 Å². The molecule has 0 saturated carbocycles. The largest absolute Gasteiger partial charge is 0.348 e. The molecule has 0 aromatic heterocycles. The molecule has 0 atom stereocenters. The van der Waals surface area contributed by atoms with Crippen molar-refractivity contribution >= 4 is 11.6 Å². The van der Waals surface area contributed by atoms with Gasteiger partial charge in [0.1, 0.15) is 11.5 Å². The van der Waals surface area contributed by atoms with Crippen LogP contribution in [0.4, 0.5) is 4.39 Å². The van der Waals surface area contributed by atoms with Crippen LogP contribution < -0.4 is 5.32 Å². The summed E-state index contributed by atoms with van der Waals surface area (Å²) < 4.78 is 13.6. The average molecular weight is 365 g/mol. The second-order valence-electron chi connectivity index (χ2n) is 7.41. The standard InChI is InChI=1S/C22H24FN3O/c1-26-11-8-19(9-12-26)25-22(27)21-20-14-17(6-5-15(20)7-10-24-21)16-3-2-4-18(23)13-16/h2-6,13-14,19H,7-12H2,1H3,(H,25,27). The number of halogens is 1. The van der Waals surface area contributed by atoms with Crippen LogP contribution in [0.1, 0.15) is 24.0 Å². The zero-order valence-electron chi connectivity index (χ0n) is 15.5. The van der Waals surface area contributed by atoms with Gasteiger partial charge in [0.05, 0.1) is 0 Å². The highest BCUT2D eigenvalue weighted by molar-refractivity contribution is 6.46. The minimum atomic E-state index is -0.265. The van der Waals surface area contributed by atoms with Crippen LogP contribution in [0.15, 0.2) is 47.5 Å². The van der Waals surface area contributed by atoms with E-state index in [9.17, 15) is 9.18 Å². The van der Waals surface area contributed by atoms with E-state index >= 15 is 0 Å². The number of piperidine rings is 1. The molecule has 2 heterocycles. The summed E-state index contributed by atoms with van der Waals surface area (Å²) in [7, 11) is 2.10. The third kappa shape index (κ3) is 3.93. The fraction of sp³-hybridized carbons (Fsp3) is 0.364. The number of nitrogens with one attached hydrogen (secondary N) is 1. The molecule has 1 saturated heterocycles. The number of hydrogen-bond acceptors (Lipinski definition) is 3. The number of benzene rings is 2. The maximum absolute atomic E-state index is 13.6. The molecule has 140 valence electrons. The Morgan fingerprint density at radius 1 is 1.15 bits per heavy atom. The highest BCUT2D eigenvalue weighted by Crippen LogP contribution is 2.26. The Morgan fingerprint density at radius 3 is 2.70 bits per heavy atom. The Hall–Kier alpha value is -2.53. The molecule has 1 fully saturated rings. The van der Waals surface area contributed by atoms with Gasteiger partial charge < -0.3 is 10.2 Å². The third-order valence-corrected chi connectivity index (χ3v) is 5.44. The van der Waals surface area contributed by atoms with E-state index in [1.807, 2.05) is 24.3 Å². The van der Waals surface area contributed by atoms with Gasteiger partial charge in [-0.15, -0.1) is 0 Å². The van der Waals surface area contributed by atoms with Crippen molar-refractivity contribution in [2.24, 2.45) is 4.99 Å². The van der Waals surface area contributed by atoms with Gasteiger partial charge in [-0.2, -0.15) is 0 Å². The SMILES string of the molecule is CN1CCC(NC(=O)C2=NCCc3ccc(-c4cccc(F)c4)cc32)CC1. The van der Waals surface area contributed by atoms with Gasteiger partial charge in [-0.3, -0.25) is 9.79 Å². The number of nitrogens with zero attached hydrogens (tertiary/aromatic N) is 2. The summed E-state index contributed by atoms with van der Waals surface area (Å²) in [6.45, 7) is 2.62. The molecule has 4 nitrogen and oxygen atoms in total. The van der Waals surface area contributed by atoms with Crippen molar-refractivity contribution in [2.75, 3.05) is 26.7 Å². The van der Waals surface area contributed by atoms with E-state index in [4.69, 9.17) is 0 Å². The molecule has 1 amide bonds. The molecule has 2 aromatic carbocycles. The summed E-state index contributed by atoms with van der Waals surface area (Å²) in [5.41, 5.74) is 4.20. The van der Waals surface area contributed by atoms with Crippen LogP contribution in [-0.2, 0) is 11.2 Å². The Balaban J connectivity index is 1.58. The first-order valence-corrected chi connectivity index (χ1v) is 9.53. The van der Waals surface area contributed by atoms with Gasteiger partial charge in [-0.1, -0.05) is 24.3 Å². The van der Waals surface area contributed by atoms with Gasteiger partial charge in [0, 0.05) is 18.2 Å². The number of hydrogen-bond donors (Lipinski definition) is 1. The second-order valence-corrected chi connectivity index (χ2v) is 7.41. The number of carbonyl (C=O) groups excluding carboxylic acids is 1. The maximum atomic E-state index is 13.6. The summed E-state index contributed by atoms with van der Waals surface area (Å²) in [4.78, 5) is 19.7. The molecule has 0 bridgehead atoms. The van der Waals surface area contributed by atoms with Gasteiger partial charge in [-0.05, 0) is 74.3 Å². The van der Waals surface area contributed by atoms with Crippen LogP contribution in [0.2, 0.25) is 0 Å². The highest BCUT2D eigenvalue weighted by atomic mass is 19.1.